The highest BCUT2D eigenvalue weighted by molar-refractivity contribution is 6.14. The van der Waals surface area contributed by atoms with E-state index in [0.717, 1.165) is 66.8 Å². The third kappa shape index (κ3) is 5.26. The Kier molecular flexibility index (Phi) is 6.91. The van der Waals surface area contributed by atoms with Gasteiger partial charge in [0.2, 0.25) is 0 Å². The summed E-state index contributed by atoms with van der Waals surface area (Å²) in [5.41, 5.74) is 11.0. The van der Waals surface area contributed by atoms with E-state index in [9.17, 15) is 0 Å². The molecule has 0 saturated heterocycles. The molecule has 0 amide bonds. The van der Waals surface area contributed by atoms with E-state index < -0.39 is 0 Å². The Labute approximate surface area is 285 Å². The molecule has 0 unspecified atom stereocenters. The predicted molar refractivity (Wildman–Crippen MR) is 208 cm³/mol. The first-order valence-corrected chi connectivity index (χ1v) is 16.7. The molecule has 0 aliphatic rings. The molecule has 0 saturated carbocycles. The zero-order valence-electron chi connectivity index (χ0n) is 27.5. The van der Waals surface area contributed by atoms with E-state index in [1.165, 1.54) is 21.9 Å². The van der Waals surface area contributed by atoms with Crippen LogP contribution >= 0.6 is 0 Å². The number of aryl methyl sites for hydroxylation is 2. The van der Waals surface area contributed by atoms with E-state index in [1.807, 2.05) is 0 Å². The van der Waals surface area contributed by atoms with Gasteiger partial charge >= 0.3 is 0 Å². The van der Waals surface area contributed by atoms with Crippen molar-refractivity contribution in [1.29, 1.82) is 0 Å². The molecule has 49 heavy (non-hydrogen) atoms. The molecular formula is C46H34N2O. The second kappa shape index (κ2) is 11.7. The number of anilines is 6. The topological polar surface area (TPSA) is 19.6 Å². The van der Waals surface area contributed by atoms with Gasteiger partial charge in [-0.1, -0.05) is 83.9 Å². The highest BCUT2D eigenvalue weighted by atomic mass is 16.3. The number of fused-ring (bicyclic) bond motifs is 5. The first-order valence-electron chi connectivity index (χ1n) is 16.7. The van der Waals surface area contributed by atoms with E-state index in [0.29, 0.717) is 0 Å². The van der Waals surface area contributed by atoms with Crippen molar-refractivity contribution in [2.24, 2.45) is 0 Å². The van der Waals surface area contributed by atoms with Crippen LogP contribution in [-0.2, 0) is 0 Å². The number of hydrogen-bond donors (Lipinski definition) is 0. The van der Waals surface area contributed by atoms with Crippen LogP contribution in [0, 0.1) is 13.8 Å². The third-order valence-corrected chi connectivity index (χ3v) is 9.48. The van der Waals surface area contributed by atoms with Crippen LogP contribution in [0.25, 0.3) is 43.5 Å². The average Bonchev–Trinajstić information content (AvgIpc) is 3.48. The van der Waals surface area contributed by atoms with Gasteiger partial charge in [0.25, 0.3) is 0 Å². The molecule has 9 rings (SSSR count). The van der Waals surface area contributed by atoms with Crippen LogP contribution in [0.3, 0.4) is 0 Å². The summed E-state index contributed by atoms with van der Waals surface area (Å²) < 4.78 is 6.50. The smallest absolute Gasteiger partial charge is 0.136 e. The van der Waals surface area contributed by atoms with Crippen molar-refractivity contribution in [2.45, 2.75) is 13.8 Å². The van der Waals surface area contributed by atoms with Gasteiger partial charge in [0.15, 0.2) is 0 Å². The van der Waals surface area contributed by atoms with E-state index in [-0.39, 0.29) is 0 Å². The molecule has 3 heteroatoms. The van der Waals surface area contributed by atoms with Gasteiger partial charge in [-0.15, -0.1) is 0 Å². The molecular weight excluding hydrogens is 597 g/mol. The Hall–Kier alpha value is -6.32. The molecule has 0 bridgehead atoms. The highest BCUT2D eigenvalue weighted by Crippen LogP contribution is 2.41. The second-order valence-corrected chi connectivity index (χ2v) is 12.9. The number of rotatable bonds is 6. The summed E-state index contributed by atoms with van der Waals surface area (Å²) in [6.45, 7) is 4.25. The average molecular weight is 631 g/mol. The summed E-state index contributed by atoms with van der Waals surface area (Å²) in [4.78, 5) is 4.64. The standard InChI is InChI=1S/C46H34N2O/c1-31-13-19-39(20-14-31)47(37-9-5-3-6-10-37)41-23-17-33-29-45-43(27-35(33)25-41)44-28-36-26-42(24-18-34(36)30-46(44)49-45)48(38-11-7-4-8-12-38)40-21-15-32(2)16-22-40/h3-30H,1-2H3. The number of hydrogen-bond acceptors (Lipinski definition) is 3. The molecule has 0 N–H and O–H groups in total. The molecule has 0 spiro atoms. The Morgan fingerprint density at radius 1 is 0.327 bits per heavy atom. The maximum absolute atomic E-state index is 6.50. The lowest BCUT2D eigenvalue weighted by molar-refractivity contribution is 0.670. The van der Waals surface area contributed by atoms with E-state index in [4.69, 9.17) is 4.42 Å². The fourth-order valence-electron chi connectivity index (χ4n) is 6.95. The summed E-state index contributed by atoms with van der Waals surface area (Å²) in [6, 6.07) is 60.9. The van der Waals surface area contributed by atoms with Crippen LogP contribution in [0.1, 0.15) is 11.1 Å². The molecule has 1 heterocycles. The number of furan rings is 1. The van der Waals surface area contributed by atoms with Crippen molar-refractivity contribution in [1.82, 2.24) is 0 Å². The van der Waals surface area contributed by atoms with Gasteiger partial charge < -0.3 is 14.2 Å². The van der Waals surface area contributed by atoms with Crippen molar-refractivity contribution in [3.05, 3.63) is 181 Å². The summed E-state index contributed by atoms with van der Waals surface area (Å²) in [5, 5.41) is 6.87. The normalized spacial score (nSPS) is 11.5. The van der Waals surface area contributed by atoms with Gasteiger partial charge in [-0.05, 0) is 132 Å². The van der Waals surface area contributed by atoms with Crippen LogP contribution < -0.4 is 9.80 Å². The Morgan fingerprint density at radius 2 is 0.694 bits per heavy atom. The molecule has 0 aliphatic carbocycles. The molecule has 0 radical (unpaired) electrons. The number of nitrogens with zero attached hydrogens (tertiary/aromatic N) is 2. The van der Waals surface area contributed by atoms with Crippen molar-refractivity contribution in [2.75, 3.05) is 9.80 Å². The Morgan fingerprint density at radius 3 is 1.10 bits per heavy atom. The van der Waals surface area contributed by atoms with Crippen molar-refractivity contribution >= 4 is 77.6 Å². The van der Waals surface area contributed by atoms with E-state index in [2.05, 4.69) is 194 Å². The van der Waals surface area contributed by atoms with Gasteiger partial charge in [-0.2, -0.15) is 0 Å². The van der Waals surface area contributed by atoms with Crippen LogP contribution in [0.5, 0.6) is 0 Å². The minimum atomic E-state index is 0.898. The SMILES string of the molecule is Cc1ccc(N(c2ccccc2)c2ccc3cc4oc5cc6ccc(N(c7ccccc7)c7ccc(C)cc7)cc6cc5c4cc3c2)cc1. The zero-order valence-corrected chi connectivity index (χ0v) is 27.5. The molecule has 8 aromatic carbocycles. The molecule has 234 valence electrons. The quantitative estimate of drug-likeness (QED) is 0.182. The fourth-order valence-corrected chi connectivity index (χ4v) is 6.95. The summed E-state index contributed by atoms with van der Waals surface area (Å²) >= 11 is 0. The van der Waals surface area contributed by atoms with Crippen molar-refractivity contribution in [3.63, 3.8) is 0 Å². The predicted octanol–water partition coefficient (Wildman–Crippen LogP) is 13.4. The second-order valence-electron chi connectivity index (χ2n) is 12.9. The lowest BCUT2D eigenvalue weighted by atomic mass is 10.0. The van der Waals surface area contributed by atoms with Gasteiger partial charge in [0, 0.05) is 44.9 Å². The van der Waals surface area contributed by atoms with Gasteiger partial charge in [-0.25, -0.2) is 0 Å². The van der Waals surface area contributed by atoms with Crippen LogP contribution in [0.15, 0.2) is 174 Å². The summed E-state index contributed by atoms with van der Waals surface area (Å²) in [6.07, 6.45) is 0. The van der Waals surface area contributed by atoms with Crippen LogP contribution in [0.2, 0.25) is 0 Å². The highest BCUT2D eigenvalue weighted by Gasteiger charge is 2.17. The fraction of sp³-hybridized carbons (Fsp3) is 0.0435. The van der Waals surface area contributed by atoms with Crippen LogP contribution in [-0.4, -0.2) is 0 Å². The maximum atomic E-state index is 6.50. The maximum Gasteiger partial charge on any atom is 0.136 e. The molecule has 3 nitrogen and oxygen atoms in total. The van der Waals surface area contributed by atoms with E-state index >= 15 is 0 Å². The third-order valence-electron chi connectivity index (χ3n) is 9.48. The Balaban J connectivity index is 1.18. The van der Waals surface area contributed by atoms with E-state index in [1.54, 1.807) is 0 Å². The first kappa shape index (κ1) is 28.9. The van der Waals surface area contributed by atoms with Crippen molar-refractivity contribution < 1.29 is 4.42 Å². The molecule has 9 aromatic rings. The number of benzene rings is 8. The zero-order chi connectivity index (χ0) is 32.9. The Bertz CT molecular complexity index is 2420. The first-order chi connectivity index (χ1) is 24.1. The van der Waals surface area contributed by atoms with Gasteiger partial charge in [0.05, 0.1) is 0 Å². The van der Waals surface area contributed by atoms with Gasteiger partial charge in [-0.3, -0.25) is 0 Å². The summed E-state index contributed by atoms with van der Waals surface area (Å²) in [5.74, 6) is 0. The minimum Gasteiger partial charge on any atom is -0.456 e. The van der Waals surface area contributed by atoms with Gasteiger partial charge in [0.1, 0.15) is 11.2 Å². The lowest BCUT2D eigenvalue weighted by Gasteiger charge is -2.26. The van der Waals surface area contributed by atoms with Crippen LogP contribution in [0.4, 0.5) is 34.1 Å². The molecule has 1 aromatic heterocycles. The largest absolute Gasteiger partial charge is 0.456 e. The lowest BCUT2D eigenvalue weighted by Crippen LogP contribution is -2.09. The monoisotopic (exact) mass is 630 g/mol. The minimum absolute atomic E-state index is 0.898. The van der Waals surface area contributed by atoms with Crippen molar-refractivity contribution in [3.8, 4) is 0 Å². The molecule has 0 aliphatic heterocycles. The summed E-state index contributed by atoms with van der Waals surface area (Å²) in [7, 11) is 0. The molecule has 0 atom stereocenters. The number of para-hydroxylation sites is 2. The molecule has 0 fully saturated rings.